The molecular formula is C30H32N8O2. The number of hydrogen-bond donors (Lipinski definition) is 1. The van der Waals surface area contributed by atoms with E-state index in [-0.39, 0.29) is 11.8 Å². The molecule has 4 heterocycles. The predicted octanol–water partition coefficient (Wildman–Crippen LogP) is 4.50. The van der Waals surface area contributed by atoms with Crippen molar-refractivity contribution in [3.8, 4) is 11.5 Å². The number of benzene rings is 2. The van der Waals surface area contributed by atoms with Gasteiger partial charge in [0, 0.05) is 56.6 Å². The molecule has 0 aliphatic carbocycles. The third-order valence-corrected chi connectivity index (χ3v) is 7.21. The van der Waals surface area contributed by atoms with E-state index in [2.05, 4.69) is 26.4 Å². The van der Waals surface area contributed by atoms with Crippen molar-refractivity contribution in [2.24, 2.45) is 7.05 Å². The van der Waals surface area contributed by atoms with E-state index in [0.29, 0.717) is 13.1 Å². The molecule has 1 saturated heterocycles. The Morgan fingerprint density at radius 2 is 2.00 bits per heavy atom. The number of amides is 1. The lowest BCUT2D eigenvalue weighted by Crippen LogP contribution is -2.47. The molecule has 10 heteroatoms. The number of imidazole rings is 1. The van der Waals surface area contributed by atoms with E-state index in [4.69, 9.17) is 4.74 Å². The molecule has 0 unspecified atom stereocenters. The normalized spacial score (nSPS) is 14.0. The number of aromatic nitrogens is 5. The van der Waals surface area contributed by atoms with Crippen LogP contribution in [0.25, 0.3) is 16.6 Å². The van der Waals surface area contributed by atoms with Crippen LogP contribution in [0.3, 0.4) is 0 Å². The van der Waals surface area contributed by atoms with Gasteiger partial charge < -0.3 is 24.4 Å². The summed E-state index contributed by atoms with van der Waals surface area (Å²) in [5.74, 6) is 2.52. The molecule has 10 nitrogen and oxygen atoms in total. The van der Waals surface area contributed by atoms with Crippen molar-refractivity contribution < 1.29 is 9.53 Å². The highest BCUT2D eigenvalue weighted by molar-refractivity contribution is 5.89. The number of anilines is 2. The highest BCUT2D eigenvalue weighted by Gasteiger charge is 2.33. The first-order valence-electron chi connectivity index (χ1n) is 13.2. The second-order valence-electron chi connectivity index (χ2n) is 10.5. The number of likely N-dealkylation sites (tertiary alicyclic amines) is 1. The van der Waals surface area contributed by atoms with E-state index in [1.165, 1.54) is 0 Å². The SMILES string of the molecule is Cc1cc(Nc2ncnn3ccc(C4CN(C(=O)/C=C/CN(C)C)C4)c23)ccc1Oc1ccc2c(c1)ncn2C. The quantitative estimate of drug-likeness (QED) is 0.292. The van der Waals surface area contributed by atoms with Crippen molar-refractivity contribution in [3.05, 3.63) is 84.6 Å². The molecule has 204 valence electrons. The van der Waals surface area contributed by atoms with Gasteiger partial charge in [-0.05, 0) is 68.5 Å². The number of fused-ring (bicyclic) bond motifs is 2. The average Bonchev–Trinajstić information content (AvgIpc) is 3.49. The zero-order chi connectivity index (χ0) is 27.8. The highest BCUT2D eigenvalue weighted by atomic mass is 16.5. The van der Waals surface area contributed by atoms with Gasteiger partial charge in [-0.2, -0.15) is 5.10 Å². The van der Waals surface area contributed by atoms with Crippen LogP contribution >= 0.6 is 0 Å². The standard InChI is InChI=1S/C30H32N8O2/c1-20-14-22(7-10-27(20)40-23-8-9-26-25(15-23)32-19-36(26)4)34-30-29-24(11-13-38(29)33-18-31-30)21-16-37(17-21)28(39)6-5-12-35(2)3/h5-11,13-15,18-19,21H,12,16-17H2,1-4H3,(H,31,33,34)/b6-5+. The lowest BCUT2D eigenvalue weighted by molar-refractivity contribution is -0.130. The Bertz CT molecular complexity index is 1730. The van der Waals surface area contributed by atoms with Crippen LogP contribution in [0.15, 0.2) is 73.5 Å². The fourth-order valence-electron chi connectivity index (χ4n) is 5.01. The molecule has 5 aromatic rings. The van der Waals surface area contributed by atoms with Crippen molar-refractivity contribution >= 4 is 34.0 Å². The molecule has 1 N–H and O–H groups in total. The molecule has 40 heavy (non-hydrogen) atoms. The average molecular weight is 537 g/mol. The minimum Gasteiger partial charge on any atom is -0.457 e. The summed E-state index contributed by atoms with van der Waals surface area (Å²) in [5.41, 5.74) is 5.89. The largest absolute Gasteiger partial charge is 0.457 e. The maximum Gasteiger partial charge on any atom is 0.246 e. The smallest absolute Gasteiger partial charge is 0.246 e. The maximum atomic E-state index is 12.5. The number of hydrogen-bond acceptors (Lipinski definition) is 7. The minimum atomic E-state index is 0.0500. The molecule has 6 rings (SSSR count). The molecule has 0 atom stereocenters. The zero-order valence-electron chi connectivity index (χ0n) is 23.1. The van der Waals surface area contributed by atoms with Crippen LogP contribution in [0.1, 0.15) is 17.0 Å². The van der Waals surface area contributed by atoms with Gasteiger partial charge in [-0.25, -0.2) is 14.5 Å². The van der Waals surface area contributed by atoms with Gasteiger partial charge in [-0.1, -0.05) is 6.08 Å². The molecule has 0 bridgehead atoms. The van der Waals surface area contributed by atoms with Gasteiger partial charge in [0.15, 0.2) is 5.82 Å². The van der Waals surface area contributed by atoms with Crippen LogP contribution in [-0.2, 0) is 11.8 Å². The summed E-state index contributed by atoms with van der Waals surface area (Å²) in [7, 11) is 5.93. The number of carbonyl (C=O) groups excluding carboxylic acids is 1. The molecule has 3 aromatic heterocycles. The maximum absolute atomic E-state index is 12.5. The van der Waals surface area contributed by atoms with Crippen molar-refractivity contribution in [3.63, 3.8) is 0 Å². The zero-order valence-corrected chi connectivity index (χ0v) is 23.1. The fraction of sp³-hybridized carbons (Fsp3) is 0.267. The third-order valence-electron chi connectivity index (χ3n) is 7.21. The minimum absolute atomic E-state index is 0.0500. The Morgan fingerprint density at radius 1 is 1.15 bits per heavy atom. The van der Waals surface area contributed by atoms with Gasteiger partial charge in [-0.15, -0.1) is 0 Å². The van der Waals surface area contributed by atoms with Crippen LogP contribution in [0, 0.1) is 6.92 Å². The third kappa shape index (κ3) is 5.01. The molecular weight excluding hydrogens is 504 g/mol. The van der Waals surface area contributed by atoms with Crippen molar-refractivity contribution in [1.29, 1.82) is 0 Å². The van der Waals surface area contributed by atoms with Crippen LogP contribution < -0.4 is 10.1 Å². The molecule has 1 aliphatic rings. The number of nitrogens with zero attached hydrogens (tertiary/aromatic N) is 7. The number of nitrogens with one attached hydrogen (secondary N) is 1. The van der Waals surface area contributed by atoms with Gasteiger partial charge >= 0.3 is 0 Å². The summed E-state index contributed by atoms with van der Waals surface area (Å²) in [6.45, 7) is 4.11. The second-order valence-corrected chi connectivity index (χ2v) is 10.5. The Morgan fingerprint density at radius 3 is 2.80 bits per heavy atom. The van der Waals surface area contributed by atoms with Crippen LogP contribution in [-0.4, -0.2) is 73.6 Å². The van der Waals surface area contributed by atoms with Gasteiger partial charge in [0.2, 0.25) is 5.91 Å². The fourth-order valence-corrected chi connectivity index (χ4v) is 5.01. The summed E-state index contributed by atoms with van der Waals surface area (Å²) < 4.78 is 10.0. The van der Waals surface area contributed by atoms with E-state index >= 15 is 0 Å². The Balaban J connectivity index is 1.17. The second kappa shape index (κ2) is 10.5. The van der Waals surface area contributed by atoms with E-state index in [1.54, 1.807) is 18.7 Å². The van der Waals surface area contributed by atoms with Crippen LogP contribution in [0.5, 0.6) is 11.5 Å². The van der Waals surface area contributed by atoms with E-state index in [9.17, 15) is 4.79 Å². The van der Waals surface area contributed by atoms with Gasteiger partial charge in [0.1, 0.15) is 23.3 Å². The number of rotatable bonds is 8. The van der Waals surface area contributed by atoms with Crippen molar-refractivity contribution in [1.82, 2.24) is 33.9 Å². The molecule has 0 saturated carbocycles. The topological polar surface area (TPSA) is 92.8 Å². The van der Waals surface area contributed by atoms with Gasteiger partial charge in [0.25, 0.3) is 0 Å². The lowest BCUT2D eigenvalue weighted by Gasteiger charge is -2.38. The summed E-state index contributed by atoms with van der Waals surface area (Å²) in [4.78, 5) is 25.4. The monoisotopic (exact) mass is 536 g/mol. The molecule has 0 radical (unpaired) electrons. The van der Waals surface area contributed by atoms with E-state index in [0.717, 1.165) is 57.2 Å². The van der Waals surface area contributed by atoms with Crippen LogP contribution in [0.4, 0.5) is 11.5 Å². The van der Waals surface area contributed by atoms with Crippen molar-refractivity contribution in [2.45, 2.75) is 12.8 Å². The van der Waals surface area contributed by atoms with Gasteiger partial charge in [-0.3, -0.25) is 4.79 Å². The van der Waals surface area contributed by atoms with E-state index < -0.39 is 0 Å². The first-order chi connectivity index (χ1) is 19.4. The Labute approximate surface area is 232 Å². The molecule has 2 aromatic carbocycles. The van der Waals surface area contributed by atoms with Crippen molar-refractivity contribution in [2.75, 3.05) is 39.0 Å². The highest BCUT2D eigenvalue weighted by Crippen LogP contribution is 2.35. The number of carbonyl (C=O) groups is 1. The van der Waals surface area contributed by atoms with Crippen LogP contribution in [0.2, 0.25) is 0 Å². The Kier molecular flexibility index (Phi) is 6.69. The molecule has 1 amide bonds. The lowest BCUT2D eigenvalue weighted by atomic mass is 9.92. The van der Waals surface area contributed by atoms with Gasteiger partial charge in [0.05, 0.1) is 17.4 Å². The summed E-state index contributed by atoms with van der Waals surface area (Å²) in [5, 5.41) is 7.87. The first kappa shape index (κ1) is 25.6. The number of likely N-dealkylation sites (N-methyl/N-ethyl adjacent to an activating group) is 1. The Hall–Kier alpha value is -4.70. The number of ether oxygens (including phenoxy) is 1. The summed E-state index contributed by atoms with van der Waals surface area (Å²) in [6.07, 6.45) is 8.85. The summed E-state index contributed by atoms with van der Waals surface area (Å²) in [6, 6.07) is 14.0. The molecule has 0 spiro atoms. The first-order valence-corrected chi connectivity index (χ1v) is 13.2. The summed E-state index contributed by atoms with van der Waals surface area (Å²) >= 11 is 0. The van der Waals surface area contributed by atoms with E-state index in [1.807, 2.05) is 95.6 Å². The molecule has 1 fully saturated rings. The predicted molar refractivity (Wildman–Crippen MR) is 155 cm³/mol. The number of aryl methyl sites for hydroxylation is 2. The molecule has 1 aliphatic heterocycles.